The van der Waals surface area contributed by atoms with Gasteiger partial charge in [-0.25, -0.2) is 9.37 Å². The van der Waals surface area contributed by atoms with Gasteiger partial charge in [-0.15, -0.1) is 0 Å². The van der Waals surface area contributed by atoms with Crippen molar-refractivity contribution < 1.29 is 4.39 Å². The topological polar surface area (TPSA) is 108 Å². The fourth-order valence-corrected chi connectivity index (χ4v) is 4.88. The maximum atomic E-state index is 15.3. The molecule has 0 fully saturated rings. The quantitative estimate of drug-likeness (QED) is 0.233. The molecule has 0 atom stereocenters. The van der Waals surface area contributed by atoms with E-state index >= 15 is 4.39 Å². The second-order valence-electron chi connectivity index (χ2n) is 9.50. The zero-order chi connectivity index (χ0) is 26.9. The number of fused-ring (bicyclic) bond motifs is 2. The summed E-state index contributed by atoms with van der Waals surface area (Å²) in [5.41, 5.74) is 7.61. The Kier molecular flexibility index (Phi) is 6.02. The molecule has 0 unspecified atom stereocenters. The zero-order valence-corrected chi connectivity index (χ0v) is 21.3. The average molecular weight is 527 g/mol. The standard InChI is InChI=1S/C31H23FN8/c32-25-13-27-24(12-23(25)22-11-20(16-35-18-22)15-34-14-19-5-2-1-3-6-19)29(40-39-27)31-37-26-8-10-36-28(30(26)38-31)21-7-4-9-33-17-21/h1-13,16-18,34H,14-15H2,(H,37,38)(H,39,40). The SMILES string of the molecule is Fc1cc2[nH]nc(-c3nc4c(-c5cccnc5)nccc4[nH]3)c2cc1-c1cncc(CNCc2ccccc2)c1. The lowest BCUT2D eigenvalue weighted by atomic mass is 10.0. The molecule has 0 aliphatic heterocycles. The first-order valence-electron chi connectivity index (χ1n) is 12.8. The Hall–Kier alpha value is -5.28. The van der Waals surface area contributed by atoms with Crippen molar-refractivity contribution in [2.75, 3.05) is 0 Å². The molecule has 2 aromatic carbocycles. The van der Waals surface area contributed by atoms with E-state index in [0.717, 1.165) is 34.3 Å². The van der Waals surface area contributed by atoms with E-state index in [4.69, 9.17) is 4.98 Å². The number of halogens is 1. The normalized spacial score (nSPS) is 11.4. The van der Waals surface area contributed by atoms with Gasteiger partial charge in [0.25, 0.3) is 0 Å². The van der Waals surface area contributed by atoms with Crippen LogP contribution in [-0.4, -0.2) is 35.1 Å². The number of nitrogens with one attached hydrogen (secondary N) is 3. The molecule has 5 aromatic heterocycles. The van der Waals surface area contributed by atoms with Crippen LogP contribution in [0.25, 0.3) is 55.8 Å². The van der Waals surface area contributed by atoms with Crippen LogP contribution >= 0.6 is 0 Å². The molecule has 3 N–H and O–H groups in total. The Labute approximate surface area is 228 Å². The van der Waals surface area contributed by atoms with E-state index in [1.54, 1.807) is 37.1 Å². The Morgan fingerprint density at radius 2 is 1.62 bits per heavy atom. The van der Waals surface area contributed by atoms with Crippen LogP contribution in [0, 0.1) is 5.82 Å². The molecule has 9 heteroatoms. The number of imidazole rings is 1. The van der Waals surface area contributed by atoms with Gasteiger partial charge in [0.05, 0.1) is 16.7 Å². The Bertz CT molecular complexity index is 1950. The third kappa shape index (κ3) is 4.48. The molecule has 8 nitrogen and oxygen atoms in total. The summed E-state index contributed by atoms with van der Waals surface area (Å²) in [6, 6.07) is 21.1. The molecular weight excluding hydrogens is 503 g/mol. The van der Waals surface area contributed by atoms with Gasteiger partial charge >= 0.3 is 0 Å². The third-order valence-corrected chi connectivity index (χ3v) is 6.82. The number of aromatic amines is 2. The lowest BCUT2D eigenvalue weighted by molar-refractivity contribution is 0.632. The van der Waals surface area contributed by atoms with E-state index in [2.05, 4.69) is 47.6 Å². The number of pyridine rings is 3. The molecule has 0 aliphatic rings. The van der Waals surface area contributed by atoms with Crippen LogP contribution in [0.5, 0.6) is 0 Å². The molecular formula is C31H23FN8. The number of hydrogen-bond donors (Lipinski definition) is 3. The van der Waals surface area contributed by atoms with E-state index in [-0.39, 0.29) is 5.82 Å². The molecule has 5 heterocycles. The highest BCUT2D eigenvalue weighted by Gasteiger charge is 2.18. The number of rotatable bonds is 7. The molecule has 0 spiro atoms. The Balaban J connectivity index is 1.23. The van der Waals surface area contributed by atoms with E-state index < -0.39 is 0 Å². The van der Waals surface area contributed by atoms with E-state index in [0.29, 0.717) is 40.2 Å². The minimum Gasteiger partial charge on any atom is -0.336 e. The van der Waals surface area contributed by atoms with Crippen molar-refractivity contribution in [3.63, 3.8) is 0 Å². The summed E-state index contributed by atoms with van der Waals surface area (Å²) in [6.45, 7) is 1.35. The number of nitrogens with zero attached hydrogens (tertiary/aromatic N) is 5. The zero-order valence-electron chi connectivity index (χ0n) is 21.3. The van der Waals surface area contributed by atoms with E-state index in [1.807, 2.05) is 42.5 Å². The molecule has 0 bridgehead atoms. The first-order valence-corrected chi connectivity index (χ1v) is 12.8. The molecule has 7 rings (SSSR count). The first-order chi connectivity index (χ1) is 19.7. The number of aromatic nitrogens is 7. The monoisotopic (exact) mass is 526 g/mol. The number of H-pyrrole nitrogens is 2. The van der Waals surface area contributed by atoms with E-state index in [1.165, 1.54) is 11.6 Å². The van der Waals surface area contributed by atoms with Gasteiger partial charge in [0, 0.05) is 72.2 Å². The highest BCUT2D eigenvalue weighted by atomic mass is 19.1. The Morgan fingerprint density at radius 3 is 2.50 bits per heavy atom. The molecule has 0 aliphatic carbocycles. The van der Waals surface area contributed by atoms with Crippen molar-refractivity contribution >= 4 is 21.9 Å². The number of hydrogen-bond acceptors (Lipinski definition) is 6. The summed E-state index contributed by atoms with van der Waals surface area (Å²) in [4.78, 5) is 21.3. The van der Waals surface area contributed by atoms with Crippen LogP contribution in [-0.2, 0) is 13.1 Å². The fourth-order valence-electron chi connectivity index (χ4n) is 4.88. The van der Waals surface area contributed by atoms with Crippen LogP contribution in [0.15, 0.2) is 97.7 Å². The van der Waals surface area contributed by atoms with Crippen molar-refractivity contribution in [3.8, 4) is 33.9 Å². The highest BCUT2D eigenvalue weighted by Crippen LogP contribution is 2.33. The summed E-state index contributed by atoms with van der Waals surface area (Å²) in [5.74, 6) is 0.209. The van der Waals surface area contributed by atoms with Crippen molar-refractivity contribution in [2.45, 2.75) is 13.1 Å². The largest absolute Gasteiger partial charge is 0.336 e. The maximum Gasteiger partial charge on any atom is 0.159 e. The van der Waals surface area contributed by atoms with Gasteiger partial charge in [0.1, 0.15) is 17.0 Å². The van der Waals surface area contributed by atoms with Crippen LogP contribution < -0.4 is 5.32 Å². The van der Waals surface area contributed by atoms with Crippen molar-refractivity contribution in [2.24, 2.45) is 0 Å². The van der Waals surface area contributed by atoms with Gasteiger partial charge in [-0.1, -0.05) is 30.3 Å². The lowest BCUT2D eigenvalue weighted by Gasteiger charge is -2.08. The van der Waals surface area contributed by atoms with Gasteiger partial charge in [-0.05, 0) is 41.5 Å². The third-order valence-electron chi connectivity index (χ3n) is 6.82. The van der Waals surface area contributed by atoms with Gasteiger partial charge in [0.2, 0.25) is 0 Å². The highest BCUT2D eigenvalue weighted by molar-refractivity contribution is 5.97. The smallest absolute Gasteiger partial charge is 0.159 e. The predicted molar refractivity (Wildman–Crippen MR) is 152 cm³/mol. The molecule has 0 saturated heterocycles. The molecule has 0 radical (unpaired) electrons. The van der Waals surface area contributed by atoms with Crippen molar-refractivity contribution in [1.82, 2.24) is 40.4 Å². The summed E-state index contributed by atoms with van der Waals surface area (Å²) in [5, 5.41) is 11.6. The van der Waals surface area contributed by atoms with Crippen LogP contribution in [0.3, 0.4) is 0 Å². The van der Waals surface area contributed by atoms with Gasteiger partial charge < -0.3 is 10.3 Å². The molecule has 194 valence electrons. The molecule has 40 heavy (non-hydrogen) atoms. The summed E-state index contributed by atoms with van der Waals surface area (Å²) >= 11 is 0. The molecule has 7 aromatic rings. The minimum atomic E-state index is -0.355. The molecule has 0 amide bonds. The minimum absolute atomic E-state index is 0.355. The first kappa shape index (κ1) is 23.8. The Morgan fingerprint density at radius 1 is 0.750 bits per heavy atom. The van der Waals surface area contributed by atoms with Crippen LogP contribution in [0.1, 0.15) is 11.1 Å². The van der Waals surface area contributed by atoms with Crippen LogP contribution in [0.2, 0.25) is 0 Å². The van der Waals surface area contributed by atoms with Crippen molar-refractivity contribution in [1.29, 1.82) is 0 Å². The second kappa shape index (κ2) is 10.1. The molecule has 0 saturated carbocycles. The van der Waals surface area contributed by atoms with E-state index in [9.17, 15) is 0 Å². The summed E-state index contributed by atoms with van der Waals surface area (Å²) in [7, 11) is 0. The summed E-state index contributed by atoms with van der Waals surface area (Å²) in [6.07, 6.45) is 8.69. The van der Waals surface area contributed by atoms with Crippen LogP contribution in [0.4, 0.5) is 4.39 Å². The maximum absolute atomic E-state index is 15.3. The van der Waals surface area contributed by atoms with Crippen molar-refractivity contribution in [3.05, 3.63) is 115 Å². The number of benzene rings is 2. The average Bonchev–Trinajstić information content (AvgIpc) is 3.61. The fraction of sp³-hybridized carbons (Fsp3) is 0.0645. The predicted octanol–water partition coefficient (Wildman–Crippen LogP) is 6.05. The van der Waals surface area contributed by atoms with Gasteiger partial charge in [-0.3, -0.25) is 20.1 Å². The van der Waals surface area contributed by atoms with Gasteiger partial charge in [-0.2, -0.15) is 5.10 Å². The summed E-state index contributed by atoms with van der Waals surface area (Å²) < 4.78 is 15.3. The second-order valence-corrected chi connectivity index (χ2v) is 9.50. The lowest BCUT2D eigenvalue weighted by Crippen LogP contribution is -2.12. The van der Waals surface area contributed by atoms with Gasteiger partial charge in [0.15, 0.2) is 5.82 Å².